The maximum Gasteiger partial charge on any atom is 3.00 e. The van der Waals surface area contributed by atoms with Crippen molar-refractivity contribution < 1.29 is 51.0 Å². The molecule has 0 fully saturated rings. The molecule has 0 spiro atoms. The Kier molecular flexibility index (Phi) is 8.44. The molecule has 0 N–H and O–H groups in total. The molecule has 0 unspecified atom stereocenters. The summed E-state index contributed by atoms with van der Waals surface area (Å²) in [7, 11) is 0. The van der Waals surface area contributed by atoms with Crippen LogP contribution in [0, 0.1) is 6.92 Å². The third-order valence-corrected chi connectivity index (χ3v) is 3.58. The van der Waals surface area contributed by atoms with E-state index in [4.69, 9.17) is 0 Å². The molecule has 1 radical (unpaired) electrons. The molecule has 0 heterocycles. The van der Waals surface area contributed by atoms with E-state index in [1.54, 1.807) is 0 Å². The number of rotatable bonds is 1. The second-order valence-corrected chi connectivity index (χ2v) is 5.26. The molecule has 0 saturated heterocycles. The van der Waals surface area contributed by atoms with E-state index >= 15 is 0 Å². The van der Waals surface area contributed by atoms with Crippen LogP contribution in [0.3, 0.4) is 0 Å². The SMILES string of the molecule is Cc1cc2c(-c3ccc(Br)cc3)cccc2[cH-]1.[Cl-].[Cl-].[Zr+3]. The van der Waals surface area contributed by atoms with Crippen LogP contribution in [0.1, 0.15) is 5.56 Å². The van der Waals surface area contributed by atoms with Crippen LogP contribution in [0.25, 0.3) is 21.9 Å². The van der Waals surface area contributed by atoms with Gasteiger partial charge < -0.3 is 24.8 Å². The third kappa shape index (κ3) is 4.01. The average molecular weight is 446 g/mol. The molecule has 4 heteroatoms. The monoisotopic (exact) mass is 443 g/mol. The summed E-state index contributed by atoms with van der Waals surface area (Å²) in [5.41, 5.74) is 3.90. The molecule has 3 rings (SSSR count). The van der Waals surface area contributed by atoms with Gasteiger partial charge in [0.25, 0.3) is 0 Å². The summed E-state index contributed by atoms with van der Waals surface area (Å²) in [6, 6.07) is 19.5. The first-order valence-corrected chi connectivity index (χ1v) is 6.45. The molecule has 0 aliphatic heterocycles. The van der Waals surface area contributed by atoms with Crippen LogP contribution in [0.5, 0.6) is 0 Å². The van der Waals surface area contributed by atoms with Crippen molar-refractivity contribution in [2.24, 2.45) is 0 Å². The van der Waals surface area contributed by atoms with Crippen molar-refractivity contribution in [1.29, 1.82) is 0 Å². The largest absolute Gasteiger partial charge is 3.00 e. The first-order chi connectivity index (χ1) is 8.24. The van der Waals surface area contributed by atoms with Gasteiger partial charge in [0.2, 0.25) is 0 Å². The Hall–Kier alpha value is -0.00688. The molecule has 101 valence electrons. The molecule has 0 aliphatic rings. The van der Waals surface area contributed by atoms with Crippen molar-refractivity contribution in [2.45, 2.75) is 6.92 Å². The maximum absolute atomic E-state index is 3.47. The Bertz CT molecular complexity index is 675. The van der Waals surface area contributed by atoms with E-state index in [0.29, 0.717) is 0 Å². The number of benzene rings is 2. The van der Waals surface area contributed by atoms with Crippen LogP contribution in [0.15, 0.2) is 59.1 Å². The molecule has 20 heavy (non-hydrogen) atoms. The summed E-state index contributed by atoms with van der Waals surface area (Å²) in [4.78, 5) is 0. The fourth-order valence-corrected chi connectivity index (χ4v) is 2.53. The van der Waals surface area contributed by atoms with E-state index in [2.05, 4.69) is 77.5 Å². The van der Waals surface area contributed by atoms with Crippen LogP contribution in [0.2, 0.25) is 0 Å². The number of halogens is 3. The molecular formula is C16H12BrCl2Zr. The zero-order valence-corrected chi connectivity index (χ0v) is 16.4. The van der Waals surface area contributed by atoms with Crippen LogP contribution >= 0.6 is 15.9 Å². The quantitative estimate of drug-likeness (QED) is 0.434. The van der Waals surface area contributed by atoms with Crippen LogP contribution in [0.4, 0.5) is 0 Å². The normalized spacial score (nSPS) is 9.30. The van der Waals surface area contributed by atoms with Crippen LogP contribution in [-0.4, -0.2) is 0 Å². The second kappa shape index (κ2) is 8.44. The van der Waals surface area contributed by atoms with Crippen LogP contribution < -0.4 is 24.8 Å². The van der Waals surface area contributed by atoms with Gasteiger partial charge in [-0.2, -0.15) is 6.07 Å². The Morgan fingerprint density at radius 3 is 2.25 bits per heavy atom. The Labute approximate surface area is 159 Å². The summed E-state index contributed by atoms with van der Waals surface area (Å²) >= 11 is 3.47. The van der Waals surface area contributed by atoms with Crippen molar-refractivity contribution in [1.82, 2.24) is 0 Å². The van der Waals surface area contributed by atoms with Crippen LogP contribution in [-0.2, 0) is 26.2 Å². The average Bonchev–Trinajstić information content (AvgIpc) is 2.70. The molecule has 0 saturated carbocycles. The van der Waals surface area contributed by atoms with E-state index in [-0.39, 0.29) is 51.0 Å². The molecular weight excluding hydrogens is 434 g/mol. The van der Waals surface area contributed by atoms with E-state index in [1.807, 2.05) is 0 Å². The second-order valence-electron chi connectivity index (χ2n) is 4.35. The van der Waals surface area contributed by atoms with E-state index in [0.717, 1.165) is 4.47 Å². The summed E-state index contributed by atoms with van der Waals surface area (Å²) in [6.45, 7) is 2.14. The van der Waals surface area contributed by atoms with Gasteiger partial charge in [-0.1, -0.05) is 46.6 Å². The Balaban J connectivity index is 0.00000120. The molecule has 0 amide bonds. The maximum atomic E-state index is 3.47. The summed E-state index contributed by atoms with van der Waals surface area (Å²) in [5, 5.41) is 2.66. The van der Waals surface area contributed by atoms with Gasteiger partial charge in [-0.3, -0.25) is 0 Å². The number of aryl methyl sites for hydroxylation is 1. The molecule has 0 aliphatic carbocycles. The van der Waals surface area contributed by atoms with Gasteiger partial charge in [-0.15, -0.1) is 34.5 Å². The number of hydrogen-bond acceptors (Lipinski definition) is 0. The minimum atomic E-state index is 0. The number of fused-ring (bicyclic) bond motifs is 1. The molecule has 0 atom stereocenters. The smallest absolute Gasteiger partial charge is 1.00 e. The number of hydrogen-bond donors (Lipinski definition) is 0. The van der Waals surface area contributed by atoms with Gasteiger partial charge in [0, 0.05) is 4.47 Å². The van der Waals surface area contributed by atoms with Gasteiger partial charge in [0.15, 0.2) is 0 Å². The van der Waals surface area contributed by atoms with Crippen molar-refractivity contribution in [3.05, 3.63) is 64.6 Å². The van der Waals surface area contributed by atoms with Gasteiger partial charge in [-0.25, -0.2) is 0 Å². The Morgan fingerprint density at radius 2 is 1.60 bits per heavy atom. The first-order valence-electron chi connectivity index (χ1n) is 5.66. The summed E-state index contributed by atoms with van der Waals surface area (Å²) in [5.74, 6) is 0. The predicted molar refractivity (Wildman–Crippen MR) is 77.4 cm³/mol. The van der Waals surface area contributed by atoms with Crippen molar-refractivity contribution in [3.8, 4) is 11.1 Å². The van der Waals surface area contributed by atoms with Crippen molar-refractivity contribution in [2.75, 3.05) is 0 Å². The zero-order chi connectivity index (χ0) is 11.8. The van der Waals surface area contributed by atoms with Gasteiger partial charge >= 0.3 is 26.2 Å². The zero-order valence-electron chi connectivity index (χ0n) is 10.8. The van der Waals surface area contributed by atoms with E-state index in [9.17, 15) is 0 Å². The van der Waals surface area contributed by atoms with E-state index < -0.39 is 0 Å². The third-order valence-electron chi connectivity index (χ3n) is 3.05. The van der Waals surface area contributed by atoms with Gasteiger partial charge in [-0.05, 0) is 17.7 Å². The topological polar surface area (TPSA) is 0 Å². The molecule has 0 nitrogen and oxygen atoms in total. The predicted octanol–water partition coefficient (Wildman–Crippen LogP) is -0.698. The molecule has 0 bridgehead atoms. The van der Waals surface area contributed by atoms with Gasteiger partial charge in [0.1, 0.15) is 0 Å². The molecule has 0 aromatic heterocycles. The summed E-state index contributed by atoms with van der Waals surface area (Å²) in [6.07, 6.45) is 0. The summed E-state index contributed by atoms with van der Waals surface area (Å²) < 4.78 is 1.12. The minimum Gasteiger partial charge on any atom is -1.00 e. The fraction of sp³-hybridized carbons (Fsp3) is 0.0625. The van der Waals surface area contributed by atoms with Crippen molar-refractivity contribution in [3.63, 3.8) is 0 Å². The molecule has 3 aromatic carbocycles. The van der Waals surface area contributed by atoms with E-state index in [1.165, 1.54) is 27.5 Å². The standard InChI is InChI=1S/C16H12Br.2ClH.Zr/c1-11-9-13-3-2-4-15(16(13)10-11)12-5-7-14(17)8-6-12;;;/h2-10H,1H3;2*1H;/q-1;;;+3/p-2. The molecule has 3 aromatic rings. The fourth-order valence-electron chi connectivity index (χ4n) is 2.27. The van der Waals surface area contributed by atoms with Crippen molar-refractivity contribution >= 4 is 26.7 Å². The van der Waals surface area contributed by atoms with Gasteiger partial charge in [0.05, 0.1) is 0 Å². The minimum absolute atomic E-state index is 0. The first kappa shape index (κ1) is 20.0. The Morgan fingerprint density at radius 1 is 0.950 bits per heavy atom.